The van der Waals surface area contributed by atoms with E-state index in [0.29, 0.717) is 18.0 Å². The molecular formula is C16H18N4O3. The molecule has 0 saturated heterocycles. The number of nitrogens with zero attached hydrogens (tertiary/aromatic N) is 2. The van der Waals surface area contributed by atoms with Crippen LogP contribution in [0.4, 0.5) is 5.69 Å². The van der Waals surface area contributed by atoms with Crippen LogP contribution in [0.3, 0.4) is 0 Å². The Morgan fingerprint density at radius 3 is 3.09 bits per heavy atom. The van der Waals surface area contributed by atoms with Crippen molar-refractivity contribution in [2.24, 2.45) is 0 Å². The molecule has 1 atom stereocenters. The first-order valence-corrected chi connectivity index (χ1v) is 7.51. The van der Waals surface area contributed by atoms with Gasteiger partial charge in [-0.25, -0.2) is 4.98 Å². The summed E-state index contributed by atoms with van der Waals surface area (Å²) in [6, 6.07) is 7.17. The van der Waals surface area contributed by atoms with Gasteiger partial charge in [-0.1, -0.05) is 12.1 Å². The van der Waals surface area contributed by atoms with E-state index in [1.807, 2.05) is 22.9 Å². The third-order valence-corrected chi connectivity index (χ3v) is 3.55. The van der Waals surface area contributed by atoms with Gasteiger partial charge in [-0.05, 0) is 18.6 Å². The van der Waals surface area contributed by atoms with Crippen LogP contribution >= 0.6 is 0 Å². The highest BCUT2D eigenvalue weighted by Crippen LogP contribution is 2.29. The molecule has 1 aromatic heterocycles. The monoisotopic (exact) mass is 314 g/mol. The van der Waals surface area contributed by atoms with E-state index in [-0.39, 0.29) is 18.2 Å². The van der Waals surface area contributed by atoms with Crippen molar-refractivity contribution in [3.8, 4) is 5.75 Å². The number of aromatic nitrogens is 2. The van der Waals surface area contributed by atoms with Crippen molar-refractivity contribution in [3.63, 3.8) is 0 Å². The van der Waals surface area contributed by atoms with Gasteiger partial charge < -0.3 is 19.9 Å². The minimum absolute atomic E-state index is 0.00520. The van der Waals surface area contributed by atoms with Gasteiger partial charge in [0, 0.05) is 25.5 Å². The van der Waals surface area contributed by atoms with Gasteiger partial charge >= 0.3 is 0 Å². The van der Waals surface area contributed by atoms with E-state index in [2.05, 4.69) is 15.6 Å². The zero-order chi connectivity index (χ0) is 16.1. The van der Waals surface area contributed by atoms with Gasteiger partial charge in [0.15, 0.2) is 6.10 Å². The molecule has 2 amide bonds. The zero-order valence-electron chi connectivity index (χ0n) is 12.6. The summed E-state index contributed by atoms with van der Waals surface area (Å²) in [6.07, 6.45) is 5.33. The summed E-state index contributed by atoms with van der Waals surface area (Å²) in [7, 11) is 0. The van der Waals surface area contributed by atoms with Crippen molar-refractivity contribution in [2.75, 3.05) is 11.9 Å². The van der Waals surface area contributed by atoms with Gasteiger partial charge in [0.2, 0.25) is 5.91 Å². The number of rotatable bonds is 6. The Kier molecular flexibility index (Phi) is 4.56. The molecule has 1 unspecified atom stereocenters. The summed E-state index contributed by atoms with van der Waals surface area (Å²) < 4.78 is 7.54. The van der Waals surface area contributed by atoms with Crippen LogP contribution in [-0.4, -0.2) is 34.0 Å². The van der Waals surface area contributed by atoms with Gasteiger partial charge in [-0.15, -0.1) is 0 Å². The molecule has 1 aromatic carbocycles. The standard InChI is InChI=1S/C16H18N4O3/c21-15(18-6-3-8-20-9-7-17-11-20)10-14-16(22)19-12-4-1-2-5-13(12)23-14/h1-2,4-5,7,9,11,14H,3,6,8,10H2,(H,18,21)(H,19,22). The van der Waals surface area contributed by atoms with Crippen LogP contribution in [0.2, 0.25) is 0 Å². The van der Waals surface area contributed by atoms with Crippen molar-refractivity contribution in [2.45, 2.75) is 25.5 Å². The Hall–Kier alpha value is -2.83. The second kappa shape index (κ2) is 6.95. The highest BCUT2D eigenvalue weighted by atomic mass is 16.5. The summed E-state index contributed by atoms with van der Waals surface area (Å²) in [5.41, 5.74) is 0.634. The summed E-state index contributed by atoms with van der Waals surface area (Å²) in [6.45, 7) is 1.33. The quantitative estimate of drug-likeness (QED) is 0.784. The minimum Gasteiger partial charge on any atom is -0.478 e. The summed E-state index contributed by atoms with van der Waals surface area (Å²) in [5.74, 6) is 0.0948. The maximum atomic E-state index is 12.0. The van der Waals surface area contributed by atoms with Crippen LogP contribution in [0.1, 0.15) is 12.8 Å². The SMILES string of the molecule is O=C(CC1Oc2ccccc2NC1=O)NCCCn1ccnc1. The lowest BCUT2D eigenvalue weighted by Gasteiger charge is -2.25. The molecular weight excluding hydrogens is 296 g/mol. The molecule has 120 valence electrons. The Morgan fingerprint density at radius 1 is 1.39 bits per heavy atom. The molecule has 1 aliphatic heterocycles. The third-order valence-electron chi connectivity index (χ3n) is 3.55. The largest absolute Gasteiger partial charge is 0.478 e. The van der Waals surface area contributed by atoms with Crippen molar-refractivity contribution in [3.05, 3.63) is 43.0 Å². The van der Waals surface area contributed by atoms with E-state index in [1.54, 1.807) is 24.7 Å². The summed E-state index contributed by atoms with van der Waals surface area (Å²) >= 11 is 0. The number of aryl methyl sites for hydroxylation is 1. The van der Waals surface area contributed by atoms with Crippen molar-refractivity contribution in [1.29, 1.82) is 0 Å². The number of carbonyl (C=O) groups is 2. The predicted octanol–water partition coefficient (Wildman–Crippen LogP) is 1.18. The number of amides is 2. The average molecular weight is 314 g/mol. The summed E-state index contributed by atoms with van der Waals surface area (Å²) in [5, 5.41) is 5.55. The van der Waals surface area contributed by atoms with E-state index in [1.165, 1.54) is 0 Å². The molecule has 0 radical (unpaired) electrons. The molecule has 7 nitrogen and oxygen atoms in total. The lowest BCUT2D eigenvalue weighted by molar-refractivity contribution is -0.130. The van der Waals surface area contributed by atoms with E-state index in [0.717, 1.165) is 13.0 Å². The second-order valence-corrected chi connectivity index (χ2v) is 5.30. The van der Waals surface area contributed by atoms with Gasteiger partial charge in [0.25, 0.3) is 5.91 Å². The van der Waals surface area contributed by atoms with Crippen molar-refractivity contribution < 1.29 is 14.3 Å². The molecule has 0 bridgehead atoms. The number of carbonyl (C=O) groups excluding carboxylic acids is 2. The van der Waals surface area contributed by atoms with E-state index < -0.39 is 6.10 Å². The number of nitrogens with one attached hydrogen (secondary N) is 2. The smallest absolute Gasteiger partial charge is 0.266 e. The first-order valence-electron chi connectivity index (χ1n) is 7.51. The molecule has 0 saturated carbocycles. The summed E-state index contributed by atoms with van der Waals surface area (Å²) in [4.78, 5) is 27.8. The highest BCUT2D eigenvalue weighted by molar-refractivity contribution is 5.99. The van der Waals surface area contributed by atoms with Crippen LogP contribution in [-0.2, 0) is 16.1 Å². The van der Waals surface area contributed by atoms with Crippen LogP contribution in [0, 0.1) is 0 Å². The number of benzene rings is 1. The van der Waals surface area contributed by atoms with Gasteiger partial charge in [0.05, 0.1) is 18.4 Å². The number of imidazole rings is 1. The molecule has 3 rings (SSSR count). The van der Waals surface area contributed by atoms with Gasteiger partial charge in [-0.2, -0.15) is 0 Å². The molecule has 0 spiro atoms. The number of anilines is 1. The number of hydrogen-bond donors (Lipinski definition) is 2. The molecule has 2 heterocycles. The van der Waals surface area contributed by atoms with E-state index in [4.69, 9.17) is 4.74 Å². The first-order chi connectivity index (χ1) is 11.2. The Morgan fingerprint density at radius 2 is 2.26 bits per heavy atom. The number of hydrogen-bond acceptors (Lipinski definition) is 4. The number of fused-ring (bicyclic) bond motifs is 1. The normalized spacial score (nSPS) is 16.2. The molecule has 7 heteroatoms. The Bertz CT molecular complexity index is 684. The Balaban J connectivity index is 1.44. The Labute approximate surface area is 133 Å². The lowest BCUT2D eigenvalue weighted by Crippen LogP contribution is -2.41. The van der Waals surface area contributed by atoms with Crippen LogP contribution in [0.5, 0.6) is 5.75 Å². The fourth-order valence-corrected chi connectivity index (χ4v) is 2.38. The lowest BCUT2D eigenvalue weighted by atomic mass is 10.1. The van der Waals surface area contributed by atoms with E-state index in [9.17, 15) is 9.59 Å². The van der Waals surface area contributed by atoms with Crippen LogP contribution < -0.4 is 15.4 Å². The van der Waals surface area contributed by atoms with Crippen molar-refractivity contribution >= 4 is 17.5 Å². The maximum Gasteiger partial charge on any atom is 0.266 e. The van der Waals surface area contributed by atoms with Crippen molar-refractivity contribution in [1.82, 2.24) is 14.9 Å². The van der Waals surface area contributed by atoms with Gasteiger partial charge in [-0.3, -0.25) is 9.59 Å². The molecule has 1 aliphatic rings. The third kappa shape index (κ3) is 3.88. The first kappa shape index (κ1) is 15.1. The number of ether oxygens (including phenoxy) is 1. The maximum absolute atomic E-state index is 12.0. The van der Waals surface area contributed by atoms with Crippen LogP contribution in [0.25, 0.3) is 0 Å². The second-order valence-electron chi connectivity index (χ2n) is 5.30. The van der Waals surface area contributed by atoms with Gasteiger partial charge in [0.1, 0.15) is 5.75 Å². The van der Waals surface area contributed by atoms with E-state index >= 15 is 0 Å². The van der Waals surface area contributed by atoms with Crippen LogP contribution in [0.15, 0.2) is 43.0 Å². The molecule has 0 aliphatic carbocycles. The highest BCUT2D eigenvalue weighted by Gasteiger charge is 2.29. The fourth-order valence-electron chi connectivity index (χ4n) is 2.38. The minimum atomic E-state index is -0.793. The molecule has 0 fully saturated rings. The topological polar surface area (TPSA) is 85.2 Å². The molecule has 2 N–H and O–H groups in total. The fraction of sp³-hybridized carbons (Fsp3) is 0.312. The zero-order valence-corrected chi connectivity index (χ0v) is 12.6. The molecule has 23 heavy (non-hydrogen) atoms. The predicted molar refractivity (Wildman–Crippen MR) is 84.0 cm³/mol. The average Bonchev–Trinajstić information content (AvgIpc) is 3.06. The molecule has 2 aromatic rings. The number of para-hydroxylation sites is 2.